The van der Waals surface area contributed by atoms with Gasteiger partial charge in [0.25, 0.3) is 0 Å². The normalized spacial score (nSPS) is 13.0. The molecule has 23 heavy (non-hydrogen) atoms. The van der Waals surface area contributed by atoms with Gasteiger partial charge in [-0.3, -0.25) is 4.90 Å². The monoisotopic (exact) mass is 311 g/mol. The van der Waals surface area contributed by atoms with Crippen molar-refractivity contribution in [3.8, 4) is 5.75 Å². The molecule has 0 spiro atoms. The summed E-state index contributed by atoms with van der Waals surface area (Å²) >= 11 is 0. The highest BCUT2D eigenvalue weighted by Crippen LogP contribution is 2.30. The molecule has 1 atom stereocenters. The van der Waals surface area contributed by atoms with E-state index in [1.807, 2.05) is 12.1 Å². The largest absolute Gasteiger partial charge is 0.508 e. The Hall–Kier alpha value is -1.80. The molecule has 2 aromatic carbocycles. The van der Waals surface area contributed by atoms with Crippen LogP contribution in [0.1, 0.15) is 51.2 Å². The summed E-state index contributed by atoms with van der Waals surface area (Å²) in [5.74, 6) is 0.649. The fraction of sp³-hybridized carbons (Fsp3) is 0.429. The highest BCUT2D eigenvalue weighted by Gasteiger charge is 2.19. The predicted molar refractivity (Wildman–Crippen MR) is 98.0 cm³/mol. The van der Waals surface area contributed by atoms with Crippen LogP contribution in [0.15, 0.2) is 54.6 Å². The molecule has 0 heterocycles. The maximum Gasteiger partial charge on any atom is 0.115 e. The molecule has 2 aromatic rings. The first kappa shape index (κ1) is 17.6. The molecule has 0 aliphatic rings. The van der Waals surface area contributed by atoms with Gasteiger partial charge in [-0.25, -0.2) is 0 Å². The van der Waals surface area contributed by atoms with E-state index in [4.69, 9.17) is 0 Å². The number of rotatable bonds is 7. The second-order valence-corrected chi connectivity index (χ2v) is 6.77. The molecule has 0 aliphatic carbocycles. The maximum atomic E-state index is 9.85. The maximum absolute atomic E-state index is 9.85. The molecule has 2 heteroatoms. The molecule has 0 aliphatic heterocycles. The quantitative estimate of drug-likeness (QED) is 0.775. The second-order valence-electron chi connectivity index (χ2n) is 6.77. The van der Waals surface area contributed by atoms with Crippen LogP contribution in [0.4, 0.5) is 0 Å². The molecule has 0 amide bonds. The van der Waals surface area contributed by atoms with Crippen LogP contribution in [0.25, 0.3) is 0 Å². The summed E-state index contributed by atoms with van der Waals surface area (Å²) in [7, 11) is 0. The van der Waals surface area contributed by atoms with Gasteiger partial charge in [-0.15, -0.1) is 0 Å². The third-order valence-electron chi connectivity index (χ3n) is 4.48. The van der Waals surface area contributed by atoms with Crippen LogP contribution in [0.5, 0.6) is 5.75 Å². The molecule has 1 N–H and O–H groups in total. The Morgan fingerprint density at radius 2 is 1.43 bits per heavy atom. The molecular formula is C21H29NO. The van der Waals surface area contributed by atoms with Gasteiger partial charge in [0.05, 0.1) is 0 Å². The first-order chi connectivity index (χ1) is 11.0. The molecule has 2 rings (SSSR count). The van der Waals surface area contributed by atoms with Crippen molar-refractivity contribution in [2.45, 2.75) is 52.1 Å². The zero-order chi connectivity index (χ0) is 16.8. The number of aromatic hydroxyl groups is 1. The van der Waals surface area contributed by atoms with Crippen molar-refractivity contribution in [1.29, 1.82) is 0 Å². The minimum Gasteiger partial charge on any atom is -0.508 e. The van der Waals surface area contributed by atoms with Gasteiger partial charge in [0.2, 0.25) is 0 Å². The van der Waals surface area contributed by atoms with Gasteiger partial charge in [-0.05, 0) is 63.9 Å². The zero-order valence-corrected chi connectivity index (χ0v) is 14.7. The van der Waals surface area contributed by atoms with Gasteiger partial charge >= 0.3 is 0 Å². The average Bonchev–Trinajstić information content (AvgIpc) is 2.51. The van der Waals surface area contributed by atoms with Crippen LogP contribution >= 0.6 is 0 Å². The molecule has 0 radical (unpaired) electrons. The van der Waals surface area contributed by atoms with Crippen molar-refractivity contribution in [3.63, 3.8) is 0 Å². The first-order valence-corrected chi connectivity index (χ1v) is 8.58. The van der Waals surface area contributed by atoms with E-state index in [0.29, 0.717) is 23.8 Å². The summed E-state index contributed by atoms with van der Waals surface area (Å²) in [5.41, 5.74) is 2.49. The van der Waals surface area contributed by atoms with Gasteiger partial charge < -0.3 is 5.11 Å². The Kier molecular flexibility index (Phi) is 6.23. The van der Waals surface area contributed by atoms with Gasteiger partial charge in [0.1, 0.15) is 5.75 Å². The van der Waals surface area contributed by atoms with E-state index < -0.39 is 0 Å². The standard InChI is InChI=1S/C21H29NO/c1-16(2)22(17(3)4)14-13-21(18-9-6-5-7-10-18)19-11-8-12-20(23)15-19/h5-12,15-17,21,23H,13-14H2,1-4H3/t21-/m1/s1. The van der Waals surface area contributed by atoms with Gasteiger partial charge in [0.15, 0.2) is 0 Å². The van der Waals surface area contributed by atoms with Crippen molar-refractivity contribution < 1.29 is 5.11 Å². The highest BCUT2D eigenvalue weighted by molar-refractivity contribution is 5.36. The van der Waals surface area contributed by atoms with Crippen LogP contribution in [-0.4, -0.2) is 28.6 Å². The number of nitrogens with zero attached hydrogens (tertiary/aromatic N) is 1. The smallest absolute Gasteiger partial charge is 0.115 e. The van der Waals surface area contributed by atoms with Crippen molar-refractivity contribution >= 4 is 0 Å². The highest BCUT2D eigenvalue weighted by atomic mass is 16.3. The van der Waals surface area contributed by atoms with Crippen molar-refractivity contribution in [1.82, 2.24) is 4.90 Å². The molecule has 0 unspecified atom stereocenters. The lowest BCUT2D eigenvalue weighted by atomic mass is 9.88. The lowest BCUT2D eigenvalue weighted by Gasteiger charge is -2.32. The van der Waals surface area contributed by atoms with Crippen LogP contribution in [0.2, 0.25) is 0 Å². The predicted octanol–water partition coefficient (Wildman–Crippen LogP) is 5.03. The molecule has 0 aromatic heterocycles. The summed E-state index contributed by atoms with van der Waals surface area (Å²) < 4.78 is 0. The Bertz CT molecular complexity index is 584. The SMILES string of the molecule is CC(C)N(CC[C@H](c1ccccc1)c1cccc(O)c1)C(C)C. The van der Waals surface area contributed by atoms with Gasteiger partial charge in [0, 0.05) is 18.0 Å². The molecule has 0 fully saturated rings. The molecule has 124 valence electrons. The molecule has 0 saturated heterocycles. The van der Waals surface area contributed by atoms with E-state index in [-0.39, 0.29) is 0 Å². The summed E-state index contributed by atoms with van der Waals surface area (Å²) in [5, 5.41) is 9.85. The number of phenols is 1. The van der Waals surface area contributed by atoms with E-state index in [1.165, 1.54) is 11.1 Å². The van der Waals surface area contributed by atoms with E-state index >= 15 is 0 Å². The van der Waals surface area contributed by atoms with E-state index in [1.54, 1.807) is 6.07 Å². The van der Waals surface area contributed by atoms with Crippen molar-refractivity contribution in [3.05, 3.63) is 65.7 Å². The molecule has 0 saturated carbocycles. The number of hydrogen-bond acceptors (Lipinski definition) is 2. The van der Waals surface area contributed by atoms with Crippen LogP contribution in [-0.2, 0) is 0 Å². The van der Waals surface area contributed by atoms with Crippen LogP contribution < -0.4 is 0 Å². The second kappa shape index (κ2) is 8.16. The Balaban J connectivity index is 2.24. The lowest BCUT2D eigenvalue weighted by molar-refractivity contribution is 0.170. The van der Waals surface area contributed by atoms with Crippen molar-refractivity contribution in [2.24, 2.45) is 0 Å². The van der Waals surface area contributed by atoms with Crippen LogP contribution in [0, 0.1) is 0 Å². The topological polar surface area (TPSA) is 23.5 Å². The van der Waals surface area contributed by atoms with Crippen LogP contribution in [0.3, 0.4) is 0 Å². The first-order valence-electron chi connectivity index (χ1n) is 8.58. The number of hydrogen-bond donors (Lipinski definition) is 1. The third-order valence-corrected chi connectivity index (χ3v) is 4.48. The van der Waals surface area contributed by atoms with Crippen molar-refractivity contribution in [2.75, 3.05) is 6.54 Å². The van der Waals surface area contributed by atoms with E-state index in [2.05, 4.69) is 69.0 Å². The zero-order valence-electron chi connectivity index (χ0n) is 14.7. The summed E-state index contributed by atoms with van der Waals surface area (Å²) in [6.45, 7) is 10.1. The summed E-state index contributed by atoms with van der Waals surface area (Å²) in [4.78, 5) is 2.53. The fourth-order valence-electron chi connectivity index (χ4n) is 3.34. The molecule has 2 nitrogen and oxygen atoms in total. The Morgan fingerprint density at radius 3 is 2.00 bits per heavy atom. The average molecular weight is 311 g/mol. The molecular weight excluding hydrogens is 282 g/mol. The van der Waals surface area contributed by atoms with Gasteiger partial charge in [-0.1, -0.05) is 42.5 Å². The fourth-order valence-corrected chi connectivity index (χ4v) is 3.34. The Labute approximate surface area is 140 Å². The van der Waals surface area contributed by atoms with E-state index in [0.717, 1.165) is 13.0 Å². The van der Waals surface area contributed by atoms with E-state index in [9.17, 15) is 5.11 Å². The molecule has 0 bridgehead atoms. The third kappa shape index (κ3) is 4.84. The summed E-state index contributed by atoms with van der Waals surface area (Å²) in [6, 6.07) is 19.4. The van der Waals surface area contributed by atoms with Gasteiger partial charge in [-0.2, -0.15) is 0 Å². The lowest BCUT2D eigenvalue weighted by Crippen LogP contribution is -2.38. The number of benzene rings is 2. The minimum atomic E-state index is 0.309. The Morgan fingerprint density at radius 1 is 0.826 bits per heavy atom. The summed E-state index contributed by atoms with van der Waals surface area (Å²) in [6.07, 6.45) is 1.05. The number of phenolic OH excluding ortho intramolecular Hbond substituents is 1. The minimum absolute atomic E-state index is 0.309.